The molecule has 0 unspecified atom stereocenters. The predicted octanol–water partition coefficient (Wildman–Crippen LogP) is 4.54. The Morgan fingerprint density at radius 2 is 1.81 bits per heavy atom. The lowest BCUT2D eigenvalue weighted by Gasteiger charge is -2.37. The van der Waals surface area contributed by atoms with E-state index in [2.05, 4.69) is 42.5 Å². The number of ether oxygens (including phenoxy) is 2. The molecule has 0 bridgehead atoms. The first-order chi connectivity index (χ1) is 22.7. The number of fused-ring (bicyclic) bond motifs is 2. The van der Waals surface area contributed by atoms with Crippen LogP contribution in [0.15, 0.2) is 79.0 Å². The van der Waals surface area contributed by atoms with Gasteiger partial charge in [-0.2, -0.15) is 0 Å². The number of benzene rings is 3. The Hall–Kier alpha value is -4.32. The van der Waals surface area contributed by atoms with E-state index < -0.39 is 13.7 Å². The molecule has 2 amide bonds. The molecule has 4 heterocycles. The van der Waals surface area contributed by atoms with Crippen LogP contribution in [0, 0.1) is 5.92 Å². The van der Waals surface area contributed by atoms with E-state index in [9.17, 15) is 9.90 Å². The number of para-hydroxylation sites is 1. The highest BCUT2D eigenvalue weighted by Gasteiger charge is 2.66. The number of aromatic nitrogens is 3. The number of hydrogen-bond donors (Lipinski definition) is 1. The zero-order chi connectivity index (χ0) is 32.9. The first-order valence-electron chi connectivity index (χ1n) is 16.4. The number of carbonyl (C=O) groups excluding carboxylic acids is 2. The number of nitrogens with zero attached hydrogens (tertiary/aromatic N) is 5. The molecule has 0 saturated carbocycles. The number of carbonyl (C=O) groups is 2. The average Bonchev–Trinajstić information content (AvgIpc) is 3.72. The molecule has 2 fully saturated rings. The Bertz CT molecular complexity index is 1790. The Labute approximate surface area is 275 Å². The summed E-state index contributed by atoms with van der Waals surface area (Å²) in [6, 6.07) is 24.0. The van der Waals surface area contributed by atoms with Crippen LogP contribution in [0.1, 0.15) is 31.0 Å². The van der Waals surface area contributed by atoms with Gasteiger partial charge in [-0.1, -0.05) is 60.7 Å². The van der Waals surface area contributed by atoms with Crippen molar-refractivity contribution in [1.29, 1.82) is 0 Å². The van der Waals surface area contributed by atoms with Crippen molar-refractivity contribution in [2.24, 2.45) is 5.92 Å². The molecule has 1 aromatic heterocycles. The summed E-state index contributed by atoms with van der Waals surface area (Å²) in [5.74, 6) is 0.607. The van der Waals surface area contributed by atoms with Gasteiger partial charge in [0, 0.05) is 61.6 Å². The van der Waals surface area contributed by atoms with Gasteiger partial charge in [0.1, 0.15) is 5.75 Å². The number of amides is 2. The minimum Gasteiger partial charge on any atom is -0.497 e. The summed E-state index contributed by atoms with van der Waals surface area (Å²) >= 11 is 0. The number of aliphatic hydroxyl groups is 1. The highest BCUT2D eigenvalue weighted by molar-refractivity contribution is 6.91. The maximum atomic E-state index is 15.1. The maximum Gasteiger partial charge on any atom is 0.268 e. The van der Waals surface area contributed by atoms with Crippen molar-refractivity contribution in [3.8, 4) is 5.75 Å². The molecule has 1 spiro atoms. The molecular formula is C36H41N5O5Si. The quantitative estimate of drug-likeness (QED) is 0.198. The molecule has 11 heteroatoms. The van der Waals surface area contributed by atoms with Crippen LogP contribution in [0.3, 0.4) is 0 Å². The van der Waals surface area contributed by atoms with Gasteiger partial charge in [0.15, 0.2) is 5.60 Å². The molecule has 47 heavy (non-hydrogen) atoms. The van der Waals surface area contributed by atoms with Crippen LogP contribution in [0.4, 0.5) is 17.1 Å². The van der Waals surface area contributed by atoms with Gasteiger partial charge in [-0.15, -0.1) is 5.10 Å². The van der Waals surface area contributed by atoms with Crippen LogP contribution < -0.4 is 19.7 Å². The van der Waals surface area contributed by atoms with E-state index in [-0.39, 0.29) is 36.0 Å². The van der Waals surface area contributed by atoms with Crippen molar-refractivity contribution < 1.29 is 24.2 Å². The van der Waals surface area contributed by atoms with Crippen molar-refractivity contribution in [1.82, 2.24) is 15.0 Å². The lowest BCUT2D eigenvalue weighted by atomic mass is 9.82. The smallest absolute Gasteiger partial charge is 0.268 e. The number of β-lactam (4-membered cyclic amide) rings is 1. The Balaban J connectivity index is 1.34. The van der Waals surface area contributed by atoms with Gasteiger partial charge in [-0.3, -0.25) is 19.2 Å². The largest absolute Gasteiger partial charge is 0.497 e. The topological polar surface area (TPSA) is 110 Å². The lowest BCUT2D eigenvalue weighted by Crippen LogP contribution is -2.51. The molecule has 0 aliphatic carbocycles. The summed E-state index contributed by atoms with van der Waals surface area (Å²) in [6.45, 7) is 8.14. The van der Waals surface area contributed by atoms with E-state index in [0.29, 0.717) is 32.4 Å². The van der Waals surface area contributed by atoms with Gasteiger partial charge in [-0.05, 0) is 54.4 Å². The fourth-order valence-corrected chi connectivity index (χ4v) is 12.1. The SMILES string of the molecule is COc1ccc([Si](C)(C)[C@H]2[C@H](CCn3cc(CCO)nn3)O[C@@]3(C(=O)N(c4ccccc4)c4ccc(N5CCC5=O)cc43)[C@@H]2C)cc1. The van der Waals surface area contributed by atoms with Crippen LogP contribution in [-0.4, -0.2) is 66.4 Å². The lowest BCUT2D eigenvalue weighted by molar-refractivity contribution is -0.145. The van der Waals surface area contributed by atoms with Gasteiger partial charge in [0.25, 0.3) is 5.91 Å². The molecular weight excluding hydrogens is 611 g/mol. The van der Waals surface area contributed by atoms with Gasteiger partial charge < -0.3 is 19.5 Å². The summed E-state index contributed by atoms with van der Waals surface area (Å²) in [4.78, 5) is 31.2. The van der Waals surface area contributed by atoms with E-state index in [1.54, 1.807) is 21.6 Å². The second-order valence-electron chi connectivity index (χ2n) is 13.4. The fourth-order valence-electron chi connectivity index (χ4n) is 8.02. The Kier molecular flexibility index (Phi) is 8.02. The van der Waals surface area contributed by atoms with Gasteiger partial charge in [0.2, 0.25) is 5.91 Å². The van der Waals surface area contributed by atoms with Crippen molar-refractivity contribution >= 4 is 42.1 Å². The maximum absolute atomic E-state index is 15.1. The van der Waals surface area contributed by atoms with Gasteiger partial charge in [-0.25, -0.2) is 0 Å². The second-order valence-corrected chi connectivity index (χ2v) is 18.1. The van der Waals surface area contributed by atoms with Crippen molar-refractivity contribution in [2.45, 2.75) is 63.1 Å². The number of methoxy groups -OCH3 is 1. The molecule has 244 valence electrons. The molecule has 0 radical (unpaired) electrons. The standard InChI is InChI=1S/C36H41N5O5Si/c1-24-34(47(3,4)29-13-11-28(45-2)12-14-29)32(16-19-39-23-25(18-21-42)37-38-39)46-36(24)30-22-27(40-20-17-33(40)43)10-15-31(30)41(35(36)44)26-8-6-5-7-9-26/h5-15,22-24,32,34,42H,16-21H2,1-4H3/t24-,32+,34-,36+/m1/s1. The summed E-state index contributed by atoms with van der Waals surface area (Å²) < 4.78 is 14.6. The van der Waals surface area contributed by atoms with Crippen LogP contribution >= 0.6 is 0 Å². The first kappa shape index (κ1) is 31.3. The van der Waals surface area contributed by atoms with Crippen LogP contribution in [-0.2, 0) is 32.9 Å². The average molecular weight is 652 g/mol. The van der Waals surface area contributed by atoms with E-state index in [4.69, 9.17) is 9.47 Å². The third kappa shape index (κ3) is 5.08. The number of hydrogen-bond acceptors (Lipinski definition) is 7. The summed E-state index contributed by atoms with van der Waals surface area (Å²) in [7, 11) is -0.665. The minimum atomic E-state index is -2.34. The minimum absolute atomic E-state index is 0.0125. The Morgan fingerprint density at radius 1 is 1.04 bits per heavy atom. The van der Waals surface area contributed by atoms with Gasteiger partial charge >= 0.3 is 0 Å². The number of aliphatic hydroxyl groups excluding tert-OH is 1. The molecule has 1 N–H and O–H groups in total. The van der Waals surface area contributed by atoms with Crippen LogP contribution in [0.25, 0.3) is 0 Å². The fraction of sp³-hybridized carbons (Fsp3) is 0.389. The third-order valence-corrected chi connectivity index (χ3v) is 14.9. The molecule has 3 aliphatic heterocycles. The summed E-state index contributed by atoms with van der Waals surface area (Å²) in [5, 5.41) is 19.2. The van der Waals surface area contributed by atoms with Gasteiger partial charge in [0.05, 0.1) is 32.7 Å². The Morgan fingerprint density at radius 3 is 2.47 bits per heavy atom. The highest BCUT2D eigenvalue weighted by atomic mass is 28.3. The van der Waals surface area contributed by atoms with E-state index in [1.165, 1.54) is 5.19 Å². The van der Waals surface area contributed by atoms with Crippen LogP contribution in [0.2, 0.25) is 18.6 Å². The van der Waals surface area contributed by atoms with Crippen molar-refractivity contribution in [3.63, 3.8) is 0 Å². The van der Waals surface area contributed by atoms with E-state index in [0.717, 1.165) is 34.1 Å². The zero-order valence-corrected chi connectivity index (χ0v) is 28.3. The molecule has 2 saturated heterocycles. The number of aryl methyl sites for hydroxylation is 1. The molecule has 4 aromatic rings. The number of rotatable bonds is 10. The van der Waals surface area contributed by atoms with Crippen LogP contribution in [0.5, 0.6) is 5.75 Å². The highest BCUT2D eigenvalue weighted by Crippen LogP contribution is 2.61. The summed E-state index contributed by atoms with van der Waals surface area (Å²) in [6.07, 6.45) is 3.21. The van der Waals surface area contributed by atoms with E-state index >= 15 is 4.79 Å². The molecule has 10 nitrogen and oxygen atoms in total. The third-order valence-electron chi connectivity index (χ3n) is 10.5. The normalized spacial score (nSPS) is 23.8. The number of anilines is 3. The van der Waals surface area contributed by atoms with Crippen molar-refractivity contribution in [2.75, 3.05) is 30.1 Å². The molecule has 4 atom stereocenters. The second kappa shape index (κ2) is 12.0. The molecule has 7 rings (SSSR count). The van der Waals surface area contributed by atoms with Crippen molar-refractivity contribution in [3.05, 3.63) is 90.3 Å². The monoisotopic (exact) mass is 651 g/mol. The molecule has 3 aliphatic rings. The molecule has 3 aromatic carbocycles. The van der Waals surface area contributed by atoms with E-state index in [1.807, 2.05) is 66.9 Å². The summed E-state index contributed by atoms with van der Waals surface area (Å²) in [5.41, 5.74) is 2.73. The zero-order valence-electron chi connectivity index (χ0n) is 27.3. The first-order valence-corrected chi connectivity index (χ1v) is 19.4. The predicted molar refractivity (Wildman–Crippen MR) is 182 cm³/mol.